The summed E-state index contributed by atoms with van der Waals surface area (Å²) in [5, 5.41) is 0. The van der Waals surface area contributed by atoms with Crippen LogP contribution in [-0.4, -0.2) is 15.7 Å². The van der Waals surface area contributed by atoms with Crippen LogP contribution in [0.3, 0.4) is 0 Å². The second kappa shape index (κ2) is 5.12. The van der Waals surface area contributed by atoms with Gasteiger partial charge in [0.05, 0.1) is 12.4 Å². The lowest BCUT2D eigenvalue weighted by molar-refractivity contribution is 0.242. The fourth-order valence-corrected chi connectivity index (χ4v) is 1.83. The minimum absolute atomic E-state index is 0.181. The van der Waals surface area contributed by atoms with Gasteiger partial charge in [-0.05, 0) is 45.0 Å². The zero-order valence-electron chi connectivity index (χ0n) is 11.1. The largest absolute Gasteiger partial charge is 0.491 e. The molecule has 0 aliphatic rings. The van der Waals surface area contributed by atoms with E-state index in [1.165, 1.54) is 0 Å². The predicted octanol–water partition coefficient (Wildman–Crippen LogP) is 2.94. The van der Waals surface area contributed by atoms with E-state index >= 15 is 0 Å². The van der Waals surface area contributed by atoms with Crippen molar-refractivity contribution in [1.82, 2.24) is 9.55 Å². The van der Waals surface area contributed by atoms with Crippen molar-refractivity contribution >= 4 is 5.82 Å². The molecule has 0 aliphatic heterocycles. The van der Waals surface area contributed by atoms with Crippen LogP contribution in [0, 0.1) is 0 Å². The number of hydrogen-bond acceptors (Lipinski definition) is 3. The summed E-state index contributed by atoms with van der Waals surface area (Å²) in [6, 6.07) is 7.85. The Labute approximate surface area is 107 Å². The lowest BCUT2D eigenvalue weighted by Crippen LogP contribution is -2.05. The molecule has 1 aromatic heterocycles. The minimum Gasteiger partial charge on any atom is -0.491 e. The highest BCUT2D eigenvalue weighted by atomic mass is 16.5. The molecule has 0 amide bonds. The van der Waals surface area contributed by atoms with Crippen LogP contribution in [0.15, 0.2) is 30.6 Å². The second-order valence-electron chi connectivity index (χ2n) is 4.46. The summed E-state index contributed by atoms with van der Waals surface area (Å²) in [4.78, 5) is 4.34. The molecule has 0 aliphatic carbocycles. The van der Waals surface area contributed by atoms with Gasteiger partial charge in [-0.25, -0.2) is 4.98 Å². The van der Waals surface area contributed by atoms with E-state index in [1.54, 1.807) is 6.33 Å². The highest BCUT2D eigenvalue weighted by molar-refractivity contribution is 5.70. The summed E-state index contributed by atoms with van der Waals surface area (Å²) >= 11 is 0. The second-order valence-corrected chi connectivity index (χ2v) is 4.46. The van der Waals surface area contributed by atoms with Crippen molar-refractivity contribution in [2.75, 3.05) is 5.73 Å². The maximum absolute atomic E-state index is 6.03. The van der Waals surface area contributed by atoms with E-state index in [9.17, 15) is 0 Å². The van der Waals surface area contributed by atoms with Gasteiger partial charge in [0.25, 0.3) is 0 Å². The van der Waals surface area contributed by atoms with Gasteiger partial charge in [-0.2, -0.15) is 0 Å². The Bertz CT molecular complexity index is 514. The third kappa shape index (κ3) is 2.47. The van der Waals surface area contributed by atoms with E-state index in [4.69, 9.17) is 10.5 Å². The number of nitrogens with two attached hydrogens (primary N) is 1. The summed E-state index contributed by atoms with van der Waals surface area (Å²) < 4.78 is 7.53. The van der Waals surface area contributed by atoms with Gasteiger partial charge >= 0.3 is 0 Å². The first kappa shape index (κ1) is 12.5. The first-order valence-electron chi connectivity index (χ1n) is 6.19. The molecule has 0 fully saturated rings. The van der Waals surface area contributed by atoms with Crippen LogP contribution >= 0.6 is 0 Å². The smallest absolute Gasteiger partial charge is 0.131 e. The Kier molecular flexibility index (Phi) is 3.55. The number of nitrogens with zero attached hydrogens (tertiary/aromatic N) is 2. The van der Waals surface area contributed by atoms with E-state index in [0.717, 1.165) is 23.6 Å². The standard InChI is InChI=1S/C14H19N3O/c1-4-17-9-16-13(14(17)15)11-5-7-12(8-6-11)18-10(2)3/h5-10H,4,15H2,1-3H3. The molecule has 0 saturated carbocycles. The molecule has 2 N–H and O–H groups in total. The average Bonchev–Trinajstić information content (AvgIpc) is 2.71. The van der Waals surface area contributed by atoms with Crippen molar-refractivity contribution in [3.8, 4) is 17.0 Å². The van der Waals surface area contributed by atoms with Gasteiger partial charge in [-0.3, -0.25) is 0 Å². The van der Waals surface area contributed by atoms with Crippen molar-refractivity contribution in [1.29, 1.82) is 0 Å². The normalized spacial score (nSPS) is 10.9. The number of hydrogen-bond donors (Lipinski definition) is 1. The first-order chi connectivity index (χ1) is 8.61. The number of anilines is 1. The van der Waals surface area contributed by atoms with Crippen LogP contribution in [0.1, 0.15) is 20.8 Å². The molecule has 1 aromatic carbocycles. The van der Waals surface area contributed by atoms with E-state index in [2.05, 4.69) is 4.98 Å². The SMILES string of the molecule is CCn1cnc(-c2ccc(OC(C)C)cc2)c1N. The number of benzene rings is 1. The van der Waals surface area contributed by atoms with Crippen molar-refractivity contribution in [2.24, 2.45) is 0 Å². The van der Waals surface area contributed by atoms with E-state index in [0.29, 0.717) is 5.82 Å². The zero-order chi connectivity index (χ0) is 13.1. The number of aromatic nitrogens is 2. The van der Waals surface area contributed by atoms with Gasteiger partial charge in [-0.15, -0.1) is 0 Å². The zero-order valence-corrected chi connectivity index (χ0v) is 11.1. The molecule has 2 aromatic rings. The summed E-state index contributed by atoms with van der Waals surface area (Å²) in [7, 11) is 0. The molecular formula is C14H19N3O. The highest BCUT2D eigenvalue weighted by Gasteiger charge is 2.09. The molecule has 96 valence electrons. The van der Waals surface area contributed by atoms with Gasteiger partial charge in [-0.1, -0.05) is 0 Å². The maximum Gasteiger partial charge on any atom is 0.131 e. The van der Waals surface area contributed by atoms with Crippen LogP contribution in [0.5, 0.6) is 5.75 Å². The minimum atomic E-state index is 0.181. The van der Waals surface area contributed by atoms with Crippen molar-refractivity contribution in [3.05, 3.63) is 30.6 Å². The molecular weight excluding hydrogens is 226 g/mol. The Morgan fingerprint density at radius 2 is 1.94 bits per heavy atom. The fourth-order valence-electron chi connectivity index (χ4n) is 1.83. The molecule has 18 heavy (non-hydrogen) atoms. The summed E-state index contributed by atoms with van der Waals surface area (Å²) in [6.07, 6.45) is 1.95. The van der Waals surface area contributed by atoms with Crippen molar-refractivity contribution in [3.63, 3.8) is 0 Å². The number of nitrogen functional groups attached to an aromatic ring is 1. The Morgan fingerprint density at radius 3 is 2.44 bits per heavy atom. The Hall–Kier alpha value is -1.97. The molecule has 4 nitrogen and oxygen atoms in total. The van der Waals surface area contributed by atoms with Crippen LogP contribution in [0.25, 0.3) is 11.3 Å². The molecule has 0 bridgehead atoms. The van der Waals surface area contributed by atoms with E-state index < -0.39 is 0 Å². The van der Waals surface area contributed by atoms with Crippen LogP contribution in [-0.2, 0) is 6.54 Å². The van der Waals surface area contributed by atoms with Crippen LogP contribution in [0.2, 0.25) is 0 Å². The first-order valence-corrected chi connectivity index (χ1v) is 6.19. The van der Waals surface area contributed by atoms with Crippen LogP contribution in [0.4, 0.5) is 5.82 Å². The Morgan fingerprint density at radius 1 is 1.28 bits per heavy atom. The van der Waals surface area contributed by atoms with Crippen molar-refractivity contribution < 1.29 is 4.74 Å². The predicted molar refractivity (Wildman–Crippen MR) is 73.5 cm³/mol. The number of aryl methyl sites for hydroxylation is 1. The molecule has 0 saturated heterocycles. The molecule has 1 heterocycles. The third-order valence-electron chi connectivity index (χ3n) is 2.72. The molecule has 0 atom stereocenters. The van der Waals surface area contributed by atoms with Gasteiger partial charge in [0.15, 0.2) is 0 Å². The lowest BCUT2D eigenvalue weighted by atomic mass is 10.1. The molecule has 0 spiro atoms. The molecule has 0 radical (unpaired) electrons. The summed E-state index contributed by atoms with van der Waals surface area (Å²) in [6.45, 7) is 6.89. The summed E-state index contributed by atoms with van der Waals surface area (Å²) in [5.41, 5.74) is 7.87. The van der Waals surface area contributed by atoms with Gasteiger partial charge in [0.2, 0.25) is 0 Å². The fraction of sp³-hybridized carbons (Fsp3) is 0.357. The van der Waals surface area contributed by atoms with Crippen molar-refractivity contribution in [2.45, 2.75) is 33.4 Å². The van der Waals surface area contributed by atoms with E-state index in [-0.39, 0.29) is 6.10 Å². The maximum atomic E-state index is 6.03. The summed E-state index contributed by atoms with van der Waals surface area (Å²) in [5.74, 6) is 1.57. The number of imidazole rings is 1. The van der Waals surface area contributed by atoms with Gasteiger partial charge in [0.1, 0.15) is 17.3 Å². The van der Waals surface area contributed by atoms with Gasteiger partial charge in [0, 0.05) is 12.1 Å². The molecule has 2 rings (SSSR count). The van der Waals surface area contributed by atoms with Gasteiger partial charge < -0.3 is 15.0 Å². The topological polar surface area (TPSA) is 53.1 Å². The average molecular weight is 245 g/mol. The molecule has 4 heteroatoms. The quantitative estimate of drug-likeness (QED) is 0.901. The third-order valence-corrected chi connectivity index (χ3v) is 2.72. The molecule has 0 unspecified atom stereocenters. The number of rotatable bonds is 4. The van der Waals surface area contributed by atoms with E-state index in [1.807, 2.05) is 49.6 Å². The Balaban J connectivity index is 2.26. The number of ether oxygens (including phenoxy) is 1. The monoisotopic (exact) mass is 245 g/mol. The lowest BCUT2D eigenvalue weighted by Gasteiger charge is -2.09. The highest BCUT2D eigenvalue weighted by Crippen LogP contribution is 2.26. The van der Waals surface area contributed by atoms with Crippen LogP contribution < -0.4 is 10.5 Å².